The monoisotopic (exact) mass is 411 g/mol. The molecule has 4 nitrogen and oxygen atoms in total. The van der Waals surface area contributed by atoms with Gasteiger partial charge in [-0.3, -0.25) is 14.7 Å². The summed E-state index contributed by atoms with van der Waals surface area (Å²) in [5, 5.41) is 1.14. The van der Waals surface area contributed by atoms with Gasteiger partial charge < -0.3 is 0 Å². The quantitative estimate of drug-likeness (QED) is 0.436. The number of hydrogen-bond acceptors (Lipinski definition) is 4. The highest BCUT2D eigenvalue weighted by Gasteiger charge is 2.23. The number of carbonyl (C=O) groups is 1. The number of amides is 1. The SMILES string of the molecule is Cc1c(Cl)ccc2sc(N(Cc3ccccn3)C(=O)c3cccc(F)c3)nc12. The average molecular weight is 412 g/mol. The van der Waals surface area contributed by atoms with E-state index in [9.17, 15) is 9.18 Å². The Labute approximate surface area is 170 Å². The third-order valence-electron chi connectivity index (χ3n) is 4.33. The molecule has 140 valence electrons. The zero-order valence-electron chi connectivity index (χ0n) is 14.9. The van der Waals surface area contributed by atoms with Crippen molar-refractivity contribution in [2.75, 3.05) is 4.90 Å². The molecule has 0 unspecified atom stereocenters. The lowest BCUT2D eigenvalue weighted by Gasteiger charge is -2.19. The molecule has 0 N–H and O–H groups in total. The van der Waals surface area contributed by atoms with Crippen molar-refractivity contribution in [3.05, 3.63) is 88.5 Å². The van der Waals surface area contributed by atoms with Crippen molar-refractivity contribution in [1.82, 2.24) is 9.97 Å². The van der Waals surface area contributed by atoms with Crippen molar-refractivity contribution in [3.63, 3.8) is 0 Å². The van der Waals surface area contributed by atoms with Crippen LogP contribution in [0.1, 0.15) is 21.6 Å². The molecule has 28 heavy (non-hydrogen) atoms. The Morgan fingerprint density at radius 3 is 2.79 bits per heavy atom. The third kappa shape index (κ3) is 3.61. The first kappa shape index (κ1) is 18.5. The number of anilines is 1. The number of fused-ring (bicyclic) bond motifs is 1. The first-order chi connectivity index (χ1) is 13.5. The molecule has 0 aliphatic rings. The number of benzene rings is 2. The van der Waals surface area contributed by atoms with Gasteiger partial charge in [-0.15, -0.1) is 0 Å². The molecule has 4 rings (SSSR count). The number of nitrogens with zero attached hydrogens (tertiary/aromatic N) is 3. The lowest BCUT2D eigenvalue weighted by Crippen LogP contribution is -2.30. The van der Waals surface area contributed by atoms with Gasteiger partial charge >= 0.3 is 0 Å². The van der Waals surface area contributed by atoms with Crippen LogP contribution in [-0.2, 0) is 6.54 Å². The van der Waals surface area contributed by atoms with E-state index in [-0.39, 0.29) is 18.0 Å². The van der Waals surface area contributed by atoms with Crippen LogP contribution in [0.5, 0.6) is 0 Å². The highest BCUT2D eigenvalue weighted by molar-refractivity contribution is 7.22. The van der Waals surface area contributed by atoms with E-state index in [1.54, 1.807) is 12.3 Å². The molecule has 0 atom stereocenters. The maximum atomic E-state index is 13.7. The topological polar surface area (TPSA) is 46.1 Å². The standard InChI is InChI=1S/C21H15ClFN3OS/c1-13-17(22)8-9-18-19(13)25-21(28-18)26(12-16-7-2-3-10-24-16)20(27)14-5-4-6-15(23)11-14/h2-11H,12H2,1H3. The molecule has 0 saturated carbocycles. The van der Waals surface area contributed by atoms with Crippen LogP contribution in [0.2, 0.25) is 5.02 Å². The molecule has 0 bridgehead atoms. The van der Waals surface area contributed by atoms with E-state index in [1.807, 2.05) is 37.3 Å². The number of pyridine rings is 1. The van der Waals surface area contributed by atoms with Gasteiger partial charge in [-0.05, 0) is 55.0 Å². The summed E-state index contributed by atoms with van der Waals surface area (Å²) in [6.07, 6.45) is 1.67. The third-order valence-corrected chi connectivity index (χ3v) is 5.78. The van der Waals surface area contributed by atoms with E-state index in [0.717, 1.165) is 15.8 Å². The number of halogens is 2. The van der Waals surface area contributed by atoms with Gasteiger partial charge in [0.05, 0.1) is 22.5 Å². The van der Waals surface area contributed by atoms with Crippen LogP contribution in [0.15, 0.2) is 60.8 Å². The molecular formula is C21H15ClFN3OS. The van der Waals surface area contributed by atoms with Crippen LogP contribution in [0.4, 0.5) is 9.52 Å². The minimum atomic E-state index is -0.462. The minimum Gasteiger partial charge on any atom is -0.278 e. The van der Waals surface area contributed by atoms with Gasteiger partial charge in [0.2, 0.25) is 0 Å². The highest BCUT2D eigenvalue weighted by Crippen LogP contribution is 2.34. The fourth-order valence-corrected chi connectivity index (χ4v) is 4.04. The van der Waals surface area contributed by atoms with Gasteiger partial charge in [0.1, 0.15) is 5.82 Å². The van der Waals surface area contributed by atoms with Crippen LogP contribution in [0.3, 0.4) is 0 Å². The molecule has 0 spiro atoms. The number of aryl methyl sites for hydroxylation is 1. The van der Waals surface area contributed by atoms with Crippen molar-refractivity contribution < 1.29 is 9.18 Å². The normalized spacial score (nSPS) is 11.0. The second-order valence-electron chi connectivity index (χ2n) is 6.24. The molecule has 0 radical (unpaired) electrons. The zero-order chi connectivity index (χ0) is 19.7. The van der Waals surface area contributed by atoms with Crippen molar-refractivity contribution in [2.45, 2.75) is 13.5 Å². The molecule has 1 amide bonds. The van der Waals surface area contributed by atoms with Crippen molar-refractivity contribution >= 4 is 44.2 Å². The molecule has 0 aliphatic carbocycles. The predicted molar refractivity (Wildman–Crippen MR) is 111 cm³/mol. The first-order valence-electron chi connectivity index (χ1n) is 8.56. The van der Waals surface area contributed by atoms with Crippen molar-refractivity contribution in [1.29, 1.82) is 0 Å². The van der Waals surface area contributed by atoms with E-state index < -0.39 is 5.82 Å². The Morgan fingerprint density at radius 1 is 1.18 bits per heavy atom. The van der Waals surface area contributed by atoms with Crippen LogP contribution in [-0.4, -0.2) is 15.9 Å². The van der Waals surface area contributed by atoms with Crippen LogP contribution in [0, 0.1) is 12.7 Å². The van der Waals surface area contributed by atoms with E-state index >= 15 is 0 Å². The average Bonchev–Trinajstić information content (AvgIpc) is 3.14. The molecule has 0 saturated heterocycles. The smallest absolute Gasteiger partial charge is 0.260 e. The van der Waals surface area contributed by atoms with E-state index in [4.69, 9.17) is 11.6 Å². The van der Waals surface area contributed by atoms with E-state index in [2.05, 4.69) is 9.97 Å². The lowest BCUT2D eigenvalue weighted by atomic mass is 10.2. The van der Waals surface area contributed by atoms with Crippen molar-refractivity contribution in [3.8, 4) is 0 Å². The number of carbonyl (C=O) groups excluding carboxylic acids is 1. The first-order valence-corrected chi connectivity index (χ1v) is 9.75. The molecule has 4 aromatic rings. The van der Waals surface area contributed by atoms with Crippen LogP contribution >= 0.6 is 22.9 Å². The minimum absolute atomic E-state index is 0.225. The molecule has 0 aliphatic heterocycles. The van der Waals surface area contributed by atoms with Crippen LogP contribution in [0.25, 0.3) is 10.2 Å². The fourth-order valence-electron chi connectivity index (χ4n) is 2.86. The highest BCUT2D eigenvalue weighted by atomic mass is 35.5. The summed E-state index contributed by atoms with van der Waals surface area (Å²) in [5.74, 6) is -0.802. The Kier molecular flexibility index (Phi) is 5.07. The van der Waals surface area contributed by atoms with Gasteiger partial charge in [0.15, 0.2) is 5.13 Å². The summed E-state index contributed by atoms with van der Waals surface area (Å²) in [5.41, 5.74) is 2.58. The Balaban J connectivity index is 1.80. The second-order valence-corrected chi connectivity index (χ2v) is 7.65. The van der Waals surface area contributed by atoms with Gasteiger partial charge in [-0.25, -0.2) is 9.37 Å². The second kappa shape index (κ2) is 7.66. The maximum Gasteiger partial charge on any atom is 0.260 e. The number of thiazole rings is 1. The summed E-state index contributed by atoms with van der Waals surface area (Å²) in [7, 11) is 0. The van der Waals surface area contributed by atoms with Crippen molar-refractivity contribution in [2.24, 2.45) is 0 Å². The molecule has 2 aromatic carbocycles. The Bertz CT molecular complexity index is 1160. The Hall–Kier alpha value is -2.83. The lowest BCUT2D eigenvalue weighted by molar-refractivity contribution is 0.0984. The summed E-state index contributed by atoms with van der Waals surface area (Å²) in [6, 6.07) is 14.8. The predicted octanol–water partition coefficient (Wildman–Crippen LogP) is 5.64. The number of rotatable bonds is 4. The van der Waals surface area contributed by atoms with Gasteiger partial charge in [-0.1, -0.05) is 35.1 Å². The van der Waals surface area contributed by atoms with Crippen LogP contribution < -0.4 is 4.90 Å². The summed E-state index contributed by atoms with van der Waals surface area (Å²) < 4.78 is 14.6. The molecule has 2 heterocycles. The zero-order valence-corrected chi connectivity index (χ0v) is 16.5. The number of hydrogen-bond donors (Lipinski definition) is 0. The molecule has 2 aromatic heterocycles. The van der Waals surface area contributed by atoms with E-state index in [1.165, 1.54) is 34.4 Å². The van der Waals surface area contributed by atoms with Gasteiger partial charge in [0.25, 0.3) is 5.91 Å². The summed E-state index contributed by atoms with van der Waals surface area (Å²) >= 11 is 7.60. The summed E-state index contributed by atoms with van der Waals surface area (Å²) in [4.78, 5) is 23.7. The number of aromatic nitrogens is 2. The molecular weight excluding hydrogens is 397 g/mol. The summed E-state index contributed by atoms with van der Waals surface area (Å²) in [6.45, 7) is 2.12. The van der Waals surface area contributed by atoms with Gasteiger partial charge in [0, 0.05) is 16.8 Å². The molecule has 0 fully saturated rings. The maximum absolute atomic E-state index is 13.7. The van der Waals surface area contributed by atoms with E-state index in [0.29, 0.717) is 15.8 Å². The fraction of sp³-hybridized carbons (Fsp3) is 0.0952. The Morgan fingerprint density at radius 2 is 2.04 bits per heavy atom. The van der Waals surface area contributed by atoms with Gasteiger partial charge in [-0.2, -0.15) is 0 Å². The largest absolute Gasteiger partial charge is 0.278 e. The molecule has 7 heteroatoms.